The molecule has 1 aliphatic carbocycles. The van der Waals surface area contributed by atoms with Gasteiger partial charge in [0, 0.05) is 33.3 Å². The fourth-order valence-electron chi connectivity index (χ4n) is 4.76. The van der Waals surface area contributed by atoms with E-state index in [2.05, 4.69) is 39.8 Å². The molecule has 1 aromatic heterocycles. The highest BCUT2D eigenvalue weighted by Gasteiger charge is 2.45. The Labute approximate surface area is 209 Å². The minimum atomic E-state index is -0.428. The van der Waals surface area contributed by atoms with E-state index in [-0.39, 0.29) is 11.2 Å². The van der Waals surface area contributed by atoms with Crippen molar-refractivity contribution in [1.29, 1.82) is 5.26 Å². The first-order valence-corrected chi connectivity index (χ1v) is 13.4. The van der Waals surface area contributed by atoms with Crippen LogP contribution >= 0.6 is 34.7 Å². The van der Waals surface area contributed by atoms with Crippen molar-refractivity contribution in [1.82, 2.24) is 0 Å². The molecule has 33 heavy (non-hydrogen) atoms. The third kappa shape index (κ3) is 4.35. The molecule has 0 radical (unpaired) electrons. The second-order valence-corrected chi connectivity index (χ2v) is 12.3. The minimum Gasteiger partial charge on any atom is -0.384 e. The van der Waals surface area contributed by atoms with Crippen molar-refractivity contribution >= 4 is 46.2 Å². The molecule has 1 aromatic carbocycles. The lowest BCUT2D eigenvalue weighted by molar-refractivity contribution is -0.118. The van der Waals surface area contributed by atoms with Gasteiger partial charge in [0.05, 0.1) is 21.8 Å². The summed E-state index contributed by atoms with van der Waals surface area (Å²) in [4.78, 5) is 16.8. The number of halogens is 1. The normalized spacial score (nSPS) is 20.2. The second-order valence-electron chi connectivity index (χ2n) is 9.20. The molecule has 0 bridgehead atoms. The van der Waals surface area contributed by atoms with E-state index in [4.69, 9.17) is 17.3 Å². The summed E-state index contributed by atoms with van der Waals surface area (Å²) in [6.45, 7) is 8.48. The Kier molecular flexibility index (Phi) is 6.68. The van der Waals surface area contributed by atoms with Gasteiger partial charge in [-0.1, -0.05) is 39.3 Å². The second kappa shape index (κ2) is 9.21. The SMILES string of the molecule is CCSc1sc(CC)cc1[C@H]1C(C#N)=C(N)N(c2ccc(Cl)cc2)C2=C1C(=O)CC(C)(C)C2. The van der Waals surface area contributed by atoms with Crippen molar-refractivity contribution in [3.05, 3.63) is 68.5 Å². The Morgan fingerprint density at radius 1 is 1.27 bits per heavy atom. The molecule has 0 spiro atoms. The van der Waals surface area contributed by atoms with Gasteiger partial charge in [-0.2, -0.15) is 5.26 Å². The fourth-order valence-corrected chi connectivity index (χ4v) is 7.27. The van der Waals surface area contributed by atoms with Crippen molar-refractivity contribution in [2.45, 2.75) is 57.1 Å². The lowest BCUT2D eigenvalue weighted by Crippen LogP contribution is -2.42. The molecule has 1 aliphatic heterocycles. The van der Waals surface area contributed by atoms with Gasteiger partial charge in [0.2, 0.25) is 0 Å². The minimum absolute atomic E-state index is 0.0992. The number of ketones is 1. The van der Waals surface area contributed by atoms with E-state index in [1.54, 1.807) is 35.2 Å². The lowest BCUT2D eigenvalue weighted by Gasteiger charge is -2.43. The molecule has 2 aliphatic rings. The third-order valence-corrected chi connectivity index (χ3v) is 8.91. The van der Waals surface area contributed by atoms with Crippen molar-refractivity contribution in [2.24, 2.45) is 11.1 Å². The van der Waals surface area contributed by atoms with E-state index >= 15 is 0 Å². The molecular formula is C26H28ClN3OS2. The molecule has 4 nitrogen and oxygen atoms in total. The topological polar surface area (TPSA) is 70.1 Å². The van der Waals surface area contributed by atoms with Gasteiger partial charge in [-0.3, -0.25) is 9.69 Å². The van der Waals surface area contributed by atoms with Crippen LogP contribution in [0.25, 0.3) is 0 Å². The Morgan fingerprint density at radius 2 is 1.97 bits per heavy atom. The summed E-state index contributed by atoms with van der Waals surface area (Å²) < 4.78 is 1.17. The van der Waals surface area contributed by atoms with Crippen LogP contribution in [-0.2, 0) is 11.2 Å². The first-order valence-electron chi connectivity index (χ1n) is 11.2. The lowest BCUT2D eigenvalue weighted by atomic mass is 9.69. The molecule has 4 rings (SSSR count). The van der Waals surface area contributed by atoms with Crippen molar-refractivity contribution < 1.29 is 4.79 Å². The zero-order chi connectivity index (χ0) is 23.9. The maximum absolute atomic E-state index is 13.7. The molecule has 0 unspecified atom stereocenters. The number of thioether (sulfide) groups is 1. The Balaban J connectivity index is 2.00. The van der Waals surface area contributed by atoms with Crippen LogP contribution in [-0.4, -0.2) is 11.5 Å². The van der Waals surface area contributed by atoms with Gasteiger partial charge in [-0.25, -0.2) is 0 Å². The van der Waals surface area contributed by atoms with Gasteiger partial charge >= 0.3 is 0 Å². The highest BCUT2D eigenvalue weighted by atomic mass is 35.5. The molecular weight excluding hydrogens is 470 g/mol. The van der Waals surface area contributed by atoms with Gasteiger partial charge in [-0.05, 0) is 59.9 Å². The van der Waals surface area contributed by atoms with Crippen LogP contribution in [0.1, 0.15) is 56.9 Å². The number of nitriles is 1. The standard InChI is InChI=1S/C26H28ClN3OS2/c1-5-17-11-18(25(33-17)32-6-2)22-19(14-28)24(29)30(16-9-7-15(27)8-10-16)20-12-26(3,4)13-21(31)23(20)22/h7-11,22H,5-6,12-13,29H2,1-4H3/t22-/m0/s1. The first-order chi connectivity index (χ1) is 15.7. The summed E-state index contributed by atoms with van der Waals surface area (Å²) in [5.74, 6) is 0.990. The van der Waals surface area contributed by atoms with Gasteiger partial charge in [0.15, 0.2) is 5.78 Å². The molecule has 1 atom stereocenters. The maximum Gasteiger partial charge on any atom is 0.162 e. The van der Waals surface area contributed by atoms with Crippen LogP contribution in [0.3, 0.4) is 0 Å². The number of rotatable bonds is 5. The number of carbonyl (C=O) groups excluding carboxylic acids is 1. The van der Waals surface area contributed by atoms with Crippen LogP contribution in [0.15, 0.2) is 57.2 Å². The average Bonchev–Trinajstić information content (AvgIpc) is 3.16. The molecule has 0 saturated carbocycles. The van der Waals surface area contributed by atoms with Crippen LogP contribution in [0.4, 0.5) is 5.69 Å². The average molecular weight is 498 g/mol. The van der Waals surface area contributed by atoms with Crippen molar-refractivity contribution in [3.63, 3.8) is 0 Å². The van der Waals surface area contributed by atoms with Crippen LogP contribution in [0.5, 0.6) is 0 Å². The maximum atomic E-state index is 13.7. The number of hydrogen-bond acceptors (Lipinski definition) is 6. The number of anilines is 1. The number of carbonyl (C=O) groups is 1. The summed E-state index contributed by atoms with van der Waals surface area (Å²) >= 11 is 9.66. The summed E-state index contributed by atoms with van der Waals surface area (Å²) in [5, 5.41) is 10.9. The quantitative estimate of drug-likeness (QED) is 0.449. The predicted octanol–water partition coefficient (Wildman–Crippen LogP) is 7.02. The van der Waals surface area contributed by atoms with Crippen LogP contribution in [0, 0.1) is 16.7 Å². The van der Waals surface area contributed by atoms with E-state index in [9.17, 15) is 10.1 Å². The van der Waals surface area contributed by atoms with Gasteiger partial charge in [0.1, 0.15) is 5.82 Å². The molecule has 0 amide bonds. The van der Waals surface area contributed by atoms with E-state index < -0.39 is 5.92 Å². The third-order valence-electron chi connectivity index (χ3n) is 6.18. The predicted molar refractivity (Wildman–Crippen MR) is 139 cm³/mol. The number of hydrogen-bond donors (Lipinski definition) is 1. The van der Waals surface area contributed by atoms with Crippen molar-refractivity contribution in [3.8, 4) is 6.07 Å². The highest BCUT2D eigenvalue weighted by molar-refractivity contribution is 8.01. The number of nitrogens with two attached hydrogens (primary N) is 1. The molecule has 0 fully saturated rings. The zero-order valence-corrected chi connectivity index (χ0v) is 21.8. The highest BCUT2D eigenvalue weighted by Crippen LogP contribution is 2.52. The number of aryl methyl sites for hydroxylation is 1. The van der Waals surface area contributed by atoms with E-state index in [1.807, 2.05) is 17.0 Å². The number of allylic oxidation sites excluding steroid dienone is 3. The zero-order valence-electron chi connectivity index (χ0n) is 19.4. The van der Waals surface area contributed by atoms with E-state index in [1.165, 1.54) is 9.09 Å². The van der Waals surface area contributed by atoms with E-state index in [0.29, 0.717) is 34.8 Å². The number of Topliss-reactive ketones (excluding diaryl/α,β-unsaturated/α-hetero) is 1. The summed E-state index contributed by atoms with van der Waals surface area (Å²) in [7, 11) is 0. The van der Waals surface area contributed by atoms with E-state index in [0.717, 1.165) is 29.1 Å². The summed E-state index contributed by atoms with van der Waals surface area (Å²) in [6, 6.07) is 11.9. The molecule has 2 N–H and O–H groups in total. The number of benzene rings is 1. The largest absolute Gasteiger partial charge is 0.384 e. The van der Waals surface area contributed by atoms with Crippen molar-refractivity contribution in [2.75, 3.05) is 10.7 Å². The summed E-state index contributed by atoms with van der Waals surface area (Å²) in [5.41, 5.74) is 10.4. The molecule has 172 valence electrons. The van der Waals surface area contributed by atoms with Gasteiger partial charge < -0.3 is 5.73 Å². The molecule has 2 heterocycles. The number of thiophene rings is 1. The number of nitrogens with zero attached hydrogens (tertiary/aromatic N) is 2. The molecule has 0 saturated heterocycles. The van der Waals surface area contributed by atoms with Gasteiger partial charge in [0.25, 0.3) is 0 Å². The monoisotopic (exact) mass is 497 g/mol. The first kappa shape index (κ1) is 23.9. The smallest absolute Gasteiger partial charge is 0.162 e. The fraction of sp³-hybridized carbons (Fsp3) is 0.385. The van der Waals surface area contributed by atoms with Gasteiger partial charge in [-0.15, -0.1) is 23.1 Å². The summed E-state index contributed by atoms with van der Waals surface area (Å²) in [6.07, 6.45) is 2.07. The molecule has 2 aromatic rings. The Hall–Kier alpha value is -2.20. The van der Waals surface area contributed by atoms with Crippen LogP contribution < -0.4 is 10.6 Å². The Bertz CT molecular complexity index is 1200. The van der Waals surface area contributed by atoms with Crippen LogP contribution in [0.2, 0.25) is 5.02 Å². The Morgan fingerprint density at radius 3 is 2.58 bits per heavy atom. The molecule has 7 heteroatoms.